The monoisotopic (exact) mass is 289 g/mol. The van der Waals surface area contributed by atoms with E-state index < -0.39 is 18.0 Å². The third kappa shape index (κ3) is 2.74. The largest absolute Gasteiger partial charge is 0.463 e. The molecular formula is C15H15NO5. The zero-order valence-corrected chi connectivity index (χ0v) is 11.4. The molecule has 0 N–H and O–H groups in total. The van der Waals surface area contributed by atoms with Crippen molar-refractivity contribution in [3.05, 3.63) is 29.8 Å². The number of amides is 1. The fourth-order valence-electron chi connectivity index (χ4n) is 2.48. The topological polar surface area (TPSA) is 72.9 Å². The number of carbonyl (C=O) groups is 3. The summed E-state index contributed by atoms with van der Waals surface area (Å²) in [5, 5.41) is 0. The second-order valence-electron chi connectivity index (χ2n) is 5.05. The molecule has 0 aromatic heterocycles. The van der Waals surface area contributed by atoms with Gasteiger partial charge in [-0.1, -0.05) is 0 Å². The van der Waals surface area contributed by atoms with Gasteiger partial charge < -0.3 is 14.4 Å². The second kappa shape index (κ2) is 5.55. The first-order valence-corrected chi connectivity index (χ1v) is 6.93. The quantitative estimate of drug-likeness (QED) is 0.784. The lowest BCUT2D eigenvalue weighted by Gasteiger charge is -2.16. The Morgan fingerprint density at radius 3 is 2.57 bits per heavy atom. The highest BCUT2D eigenvalue weighted by molar-refractivity contribution is 5.96. The Balaban J connectivity index is 1.67. The minimum Gasteiger partial charge on any atom is -0.463 e. The molecule has 0 bridgehead atoms. The summed E-state index contributed by atoms with van der Waals surface area (Å²) >= 11 is 0. The molecule has 6 heteroatoms. The van der Waals surface area contributed by atoms with E-state index in [9.17, 15) is 14.4 Å². The van der Waals surface area contributed by atoms with Crippen molar-refractivity contribution in [3.8, 4) is 0 Å². The van der Waals surface area contributed by atoms with E-state index in [4.69, 9.17) is 9.47 Å². The molecule has 0 saturated carbocycles. The van der Waals surface area contributed by atoms with Crippen LogP contribution in [0.3, 0.4) is 0 Å². The van der Waals surface area contributed by atoms with Gasteiger partial charge in [0, 0.05) is 25.1 Å². The van der Waals surface area contributed by atoms with Crippen LogP contribution >= 0.6 is 0 Å². The Morgan fingerprint density at radius 1 is 1.24 bits per heavy atom. The average Bonchev–Trinajstić information content (AvgIpc) is 3.08. The van der Waals surface area contributed by atoms with Crippen LogP contribution in [0.25, 0.3) is 0 Å². The molecule has 2 aliphatic heterocycles. The van der Waals surface area contributed by atoms with Gasteiger partial charge in [0.05, 0.1) is 12.2 Å². The van der Waals surface area contributed by atoms with Crippen LogP contribution in [-0.2, 0) is 19.1 Å². The summed E-state index contributed by atoms with van der Waals surface area (Å²) < 4.78 is 9.84. The van der Waals surface area contributed by atoms with Crippen molar-refractivity contribution < 1.29 is 23.9 Å². The van der Waals surface area contributed by atoms with Crippen molar-refractivity contribution >= 4 is 23.5 Å². The molecule has 3 rings (SSSR count). The van der Waals surface area contributed by atoms with Gasteiger partial charge >= 0.3 is 11.9 Å². The van der Waals surface area contributed by atoms with E-state index in [0.717, 1.165) is 12.1 Å². The van der Waals surface area contributed by atoms with Crippen LogP contribution in [0, 0.1) is 0 Å². The highest BCUT2D eigenvalue weighted by Crippen LogP contribution is 2.22. The number of rotatable bonds is 3. The molecular weight excluding hydrogens is 274 g/mol. The lowest BCUT2D eigenvalue weighted by molar-refractivity contribution is -0.145. The zero-order valence-electron chi connectivity index (χ0n) is 11.4. The van der Waals surface area contributed by atoms with Gasteiger partial charge in [0.2, 0.25) is 12.0 Å². The van der Waals surface area contributed by atoms with Crippen molar-refractivity contribution in [2.45, 2.75) is 25.4 Å². The van der Waals surface area contributed by atoms with Crippen molar-refractivity contribution in [1.29, 1.82) is 0 Å². The number of carbonyl (C=O) groups excluding carboxylic acids is 3. The first kappa shape index (κ1) is 13.6. The summed E-state index contributed by atoms with van der Waals surface area (Å²) in [5.41, 5.74) is 1.12. The SMILES string of the molecule is O=C(O[C@@H]1CCOC1=O)c1ccc(N2CCCC2=O)cc1. The van der Waals surface area contributed by atoms with Crippen LogP contribution in [0.5, 0.6) is 0 Å². The standard InChI is InChI=1S/C15H15NO5/c17-13-2-1-8-16(13)11-5-3-10(4-6-11)14(18)21-12-7-9-20-15(12)19/h3-6,12H,1-2,7-9H2/t12-/m1/s1. The maximum absolute atomic E-state index is 11.9. The van der Waals surface area contributed by atoms with Gasteiger partial charge in [0.25, 0.3) is 0 Å². The van der Waals surface area contributed by atoms with Gasteiger partial charge in [-0.15, -0.1) is 0 Å². The van der Waals surface area contributed by atoms with Crippen LogP contribution in [0.1, 0.15) is 29.6 Å². The second-order valence-corrected chi connectivity index (χ2v) is 5.05. The predicted molar refractivity (Wildman–Crippen MR) is 72.8 cm³/mol. The molecule has 1 amide bonds. The molecule has 1 aromatic carbocycles. The first-order chi connectivity index (χ1) is 10.1. The zero-order chi connectivity index (χ0) is 14.8. The molecule has 21 heavy (non-hydrogen) atoms. The highest BCUT2D eigenvalue weighted by Gasteiger charge is 2.30. The van der Waals surface area contributed by atoms with Gasteiger partial charge in [-0.3, -0.25) is 4.79 Å². The van der Waals surface area contributed by atoms with E-state index in [1.807, 2.05) is 0 Å². The van der Waals surface area contributed by atoms with Gasteiger partial charge in [-0.2, -0.15) is 0 Å². The Hall–Kier alpha value is -2.37. The van der Waals surface area contributed by atoms with E-state index >= 15 is 0 Å². The van der Waals surface area contributed by atoms with Crippen molar-refractivity contribution in [2.75, 3.05) is 18.1 Å². The molecule has 2 heterocycles. The molecule has 0 unspecified atom stereocenters. The van der Waals surface area contributed by atoms with Crippen molar-refractivity contribution in [3.63, 3.8) is 0 Å². The predicted octanol–water partition coefficient (Wildman–Crippen LogP) is 1.29. The van der Waals surface area contributed by atoms with Crippen LogP contribution in [0.4, 0.5) is 5.69 Å². The number of benzene rings is 1. The van der Waals surface area contributed by atoms with E-state index in [1.54, 1.807) is 29.2 Å². The number of anilines is 1. The van der Waals surface area contributed by atoms with Gasteiger partial charge in [-0.25, -0.2) is 9.59 Å². The summed E-state index contributed by atoms with van der Waals surface area (Å²) in [5.74, 6) is -0.959. The summed E-state index contributed by atoms with van der Waals surface area (Å²) in [6, 6.07) is 6.63. The van der Waals surface area contributed by atoms with E-state index in [0.29, 0.717) is 24.9 Å². The van der Waals surface area contributed by atoms with Crippen molar-refractivity contribution in [1.82, 2.24) is 0 Å². The van der Waals surface area contributed by atoms with Gasteiger partial charge in [0.15, 0.2) is 0 Å². The number of esters is 2. The molecule has 0 radical (unpaired) electrons. The molecule has 1 aromatic rings. The summed E-state index contributed by atoms with van der Waals surface area (Å²) in [4.78, 5) is 36.5. The van der Waals surface area contributed by atoms with Gasteiger partial charge in [-0.05, 0) is 30.7 Å². The van der Waals surface area contributed by atoms with Crippen LogP contribution in [0.2, 0.25) is 0 Å². The molecule has 2 fully saturated rings. The average molecular weight is 289 g/mol. The maximum atomic E-state index is 11.9. The van der Waals surface area contributed by atoms with Crippen molar-refractivity contribution in [2.24, 2.45) is 0 Å². The normalized spacial score (nSPS) is 21.5. The van der Waals surface area contributed by atoms with E-state index in [2.05, 4.69) is 0 Å². The summed E-state index contributed by atoms with van der Waals surface area (Å²) in [6.45, 7) is 0.989. The third-order valence-corrected chi connectivity index (χ3v) is 3.62. The molecule has 0 aliphatic carbocycles. The lowest BCUT2D eigenvalue weighted by Crippen LogP contribution is -2.24. The first-order valence-electron chi connectivity index (χ1n) is 6.93. The number of nitrogens with zero attached hydrogens (tertiary/aromatic N) is 1. The number of cyclic esters (lactones) is 1. The third-order valence-electron chi connectivity index (χ3n) is 3.62. The lowest BCUT2D eigenvalue weighted by atomic mass is 10.2. The molecule has 2 aliphatic rings. The molecule has 0 spiro atoms. The fourth-order valence-corrected chi connectivity index (χ4v) is 2.48. The van der Waals surface area contributed by atoms with Gasteiger partial charge in [0.1, 0.15) is 0 Å². The fraction of sp³-hybridized carbons (Fsp3) is 0.400. The smallest absolute Gasteiger partial charge is 0.347 e. The summed E-state index contributed by atoms with van der Waals surface area (Å²) in [7, 11) is 0. The summed E-state index contributed by atoms with van der Waals surface area (Å²) in [6.07, 6.45) is 1.00. The Labute approximate surface area is 121 Å². The van der Waals surface area contributed by atoms with Crippen LogP contribution in [-0.4, -0.2) is 37.1 Å². The van der Waals surface area contributed by atoms with E-state index in [-0.39, 0.29) is 12.5 Å². The number of ether oxygens (including phenoxy) is 2. The van der Waals surface area contributed by atoms with Crippen LogP contribution in [0.15, 0.2) is 24.3 Å². The minimum absolute atomic E-state index is 0.0963. The number of hydrogen-bond donors (Lipinski definition) is 0. The number of hydrogen-bond acceptors (Lipinski definition) is 5. The highest BCUT2D eigenvalue weighted by atomic mass is 16.6. The Bertz CT molecular complexity index is 580. The molecule has 110 valence electrons. The van der Waals surface area contributed by atoms with E-state index in [1.165, 1.54) is 0 Å². The molecule has 2 saturated heterocycles. The molecule has 1 atom stereocenters. The maximum Gasteiger partial charge on any atom is 0.347 e. The molecule has 6 nitrogen and oxygen atoms in total. The van der Waals surface area contributed by atoms with Crippen LogP contribution < -0.4 is 4.90 Å². The Morgan fingerprint density at radius 2 is 2.00 bits per heavy atom. The minimum atomic E-state index is -0.808. The Kier molecular flexibility index (Phi) is 3.60.